The highest BCUT2D eigenvalue weighted by atomic mass is 16.3. The minimum Gasteiger partial charge on any atom is -0.393 e. The van der Waals surface area contributed by atoms with Crippen molar-refractivity contribution in [2.75, 3.05) is 23.3 Å². The number of aliphatic hydroxyl groups excluding tert-OH is 1. The lowest BCUT2D eigenvalue weighted by Gasteiger charge is -2.25. The fraction of sp³-hybridized carbons (Fsp3) is 0.480. The third-order valence-corrected chi connectivity index (χ3v) is 6.38. The van der Waals surface area contributed by atoms with Gasteiger partial charge < -0.3 is 15.7 Å². The smallest absolute Gasteiger partial charge is 0.257 e. The molecule has 1 aromatic carbocycles. The number of fused-ring (bicyclic) bond motifs is 2. The van der Waals surface area contributed by atoms with E-state index in [2.05, 4.69) is 15.6 Å². The van der Waals surface area contributed by atoms with Crippen molar-refractivity contribution in [1.29, 1.82) is 0 Å². The number of rotatable bonds is 8. The van der Waals surface area contributed by atoms with Gasteiger partial charge in [0.2, 0.25) is 5.91 Å². The molecule has 2 aliphatic rings. The summed E-state index contributed by atoms with van der Waals surface area (Å²) in [6, 6.07) is 10.7. The molecule has 1 aromatic heterocycles. The van der Waals surface area contributed by atoms with Gasteiger partial charge in [-0.3, -0.25) is 14.5 Å². The fourth-order valence-corrected chi connectivity index (χ4v) is 4.56. The van der Waals surface area contributed by atoms with Crippen LogP contribution in [0.25, 0.3) is 0 Å². The molecule has 0 bridgehead atoms. The van der Waals surface area contributed by atoms with Crippen LogP contribution < -0.4 is 15.5 Å². The van der Waals surface area contributed by atoms with E-state index in [9.17, 15) is 14.7 Å². The molecule has 7 heteroatoms. The molecule has 3 N–H and O–H groups in total. The van der Waals surface area contributed by atoms with Crippen molar-refractivity contribution in [2.24, 2.45) is 5.92 Å². The third-order valence-electron chi connectivity index (χ3n) is 6.38. The van der Waals surface area contributed by atoms with Gasteiger partial charge in [0.15, 0.2) is 5.82 Å². The van der Waals surface area contributed by atoms with E-state index in [0.717, 1.165) is 58.0 Å². The van der Waals surface area contributed by atoms with Crippen molar-refractivity contribution >= 4 is 29.0 Å². The van der Waals surface area contributed by atoms with Crippen LogP contribution in [0.5, 0.6) is 0 Å². The minimum absolute atomic E-state index is 0.0531. The van der Waals surface area contributed by atoms with Crippen LogP contribution in [0.4, 0.5) is 17.2 Å². The highest BCUT2D eigenvalue weighted by molar-refractivity contribution is 6.17. The predicted molar refractivity (Wildman–Crippen MR) is 125 cm³/mol. The van der Waals surface area contributed by atoms with Crippen LogP contribution in [-0.2, 0) is 4.79 Å². The maximum atomic E-state index is 13.2. The zero-order chi connectivity index (χ0) is 22.3. The topological polar surface area (TPSA) is 94.6 Å². The molecule has 0 radical (unpaired) electrons. The zero-order valence-corrected chi connectivity index (χ0v) is 18.4. The second-order valence-electron chi connectivity index (χ2n) is 8.76. The van der Waals surface area contributed by atoms with Gasteiger partial charge in [-0.2, -0.15) is 0 Å². The molecule has 2 amide bonds. The van der Waals surface area contributed by atoms with Crippen LogP contribution in [0.3, 0.4) is 0 Å². The maximum Gasteiger partial charge on any atom is 0.257 e. The molecule has 1 saturated carbocycles. The molecule has 4 rings (SSSR count). The summed E-state index contributed by atoms with van der Waals surface area (Å²) < 4.78 is 0. The molecule has 0 saturated heterocycles. The van der Waals surface area contributed by atoms with Crippen molar-refractivity contribution in [1.82, 2.24) is 10.3 Å². The van der Waals surface area contributed by atoms with Gasteiger partial charge in [-0.05, 0) is 81.8 Å². The number of amides is 2. The monoisotopic (exact) mass is 436 g/mol. The molecular weight excluding hydrogens is 404 g/mol. The molecule has 0 unspecified atom stereocenters. The Morgan fingerprint density at radius 3 is 2.75 bits per heavy atom. The molecule has 1 aliphatic carbocycles. The summed E-state index contributed by atoms with van der Waals surface area (Å²) in [5, 5.41) is 16.0. The Morgan fingerprint density at radius 2 is 1.91 bits per heavy atom. The Balaban J connectivity index is 1.29. The molecule has 170 valence electrons. The van der Waals surface area contributed by atoms with Gasteiger partial charge in [-0.15, -0.1) is 0 Å². The first-order chi connectivity index (χ1) is 15.6. The summed E-state index contributed by atoms with van der Waals surface area (Å²) in [6.07, 6.45) is 8.77. The number of unbranched alkanes of at least 4 members (excludes halogenated alkanes) is 2. The lowest BCUT2D eigenvalue weighted by molar-refractivity contribution is -0.118. The number of hydrogen-bond donors (Lipinski definition) is 3. The largest absolute Gasteiger partial charge is 0.393 e. The molecule has 0 spiro atoms. The third kappa shape index (κ3) is 5.34. The Bertz CT molecular complexity index is 940. The minimum atomic E-state index is -0.233. The lowest BCUT2D eigenvalue weighted by atomic mass is 9.87. The quantitative estimate of drug-likeness (QED) is 0.544. The van der Waals surface area contributed by atoms with E-state index < -0.39 is 0 Å². The first-order valence-corrected chi connectivity index (χ1v) is 11.7. The second-order valence-corrected chi connectivity index (χ2v) is 8.76. The lowest BCUT2D eigenvalue weighted by Crippen LogP contribution is -2.28. The Labute approximate surface area is 189 Å². The number of anilines is 3. The fourth-order valence-electron chi connectivity index (χ4n) is 4.56. The van der Waals surface area contributed by atoms with Crippen molar-refractivity contribution in [3.8, 4) is 0 Å². The molecular formula is C25H32N4O3. The SMILES string of the molecule is O=C1Nc2cccnc2N(C(=O)CCCCCNCC2CCC(O)CC2)c2ccccc21. The maximum absolute atomic E-state index is 13.2. The molecule has 32 heavy (non-hydrogen) atoms. The zero-order valence-electron chi connectivity index (χ0n) is 18.4. The number of aromatic nitrogens is 1. The van der Waals surface area contributed by atoms with Crippen LogP contribution >= 0.6 is 0 Å². The summed E-state index contributed by atoms with van der Waals surface area (Å²) in [5.74, 6) is 0.855. The number of nitrogens with zero attached hydrogens (tertiary/aromatic N) is 2. The number of aliphatic hydroxyl groups is 1. The highest BCUT2D eigenvalue weighted by Gasteiger charge is 2.29. The van der Waals surface area contributed by atoms with Gasteiger partial charge >= 0.3 is 0 Å². The highest BCUT2D eigenvalue weighted by Crippen LogP contribution is 2.36. The van der Waals surface area contributed by atoms with E-state index in [1.165, 1.54) is 0 Å². The van der Waals surface area contributed by atoms with E-state index >= 15 is 0 Å². The van der Waals surface area contributed by atoms with E-state index in [0.29, 0.717) is 35.1 Å². The summed E-state index contributed by atoms with van der Waals surface area (Å²) in [6.45, 7) is 1.96. The van der Waals surface area contributed by atoms with Gasteiger partial charge in [-0.1, -0.05) is 18.6 Å². The van der Waals surface area contributed by atoms with Crippen LogP contribution in [0.2, 0.25) is 0 Å². The summed E-state index contributed by atoms with van der Waals surface area (Å²) in [5.41, 5.74) is 1.59. The Morgan fingerprint density at radius 1 is 1.09 bits per heavy atom. The second kappa shape index (κ2) is 10.7. The summed E-state index contributed by atoms with van der Waals surface area (Å²) >= 11 is 0. The number of benzene rings is 1. The number of pyridine rings is 1. The van der Waals surface area contributed by atoms with Gasteiger partial charge in [0.1, 0.15) is 0 Å². The van der Waals surface area contributed by atoms with E-state index in [1.807, 2.05) is 6.07 Å². The first-order valence-electron chi connectivity index (χ1n) is 11.7. The van der Waals surface area contributed by atoms with Gasteiger partial charge in [0, 0.05) is 12.6 Å². The standard InChI is InChI=1S/C25H32N4O3/c30-19-13-11-18(12-14-19)17-26-15-5-1-2-10-23(31)29-22-9-4-3-7-20(22)25(32)28-21-8-6-16-27-24(21)29/h3-4,6-9,16,18-19,26,30H,1-2,5,10-15,17H2,(H,28,32). The number of hydrogen-bond acceptors (Lipinski definition) is 5. The van der Waals surface area contributed by atoms with Crippen molar-refractivity contribution in [3.05, 3.63) is 48.2 Å². The van der Waals surface area contributed by atoms with Crippen molar-refractivity contribution < 1.29 is 14.7 Å². The predicted octanol–water partition coefficient (Wildman–Crippen LogP) is 4.01. The molecule has 2 heterocycles. The van der Waals surface area contributed by atoms with E-state index in [4.69, 9.17) is 0 Å². The molecule has 7 nitrogen and oxygen atoms in total. The van der Waals surface area contributed by atoms with E-state index in [1.54, 1.807) is 41.4 Å². The van der Waals surface area contributed by atoms with Crippen LogP contribution in [0.15, 0.2) is 42.6 Å². The van der Waals surface area contributed by atoms with Crippen molar-refractivity contribution in [2.45, 2.75) is 57.5 Å². The average Bonchev–Trinajstić information content (AvgIpc) is 2.93. The number of nitrogens with one attached hydrogen (secondary N) is 2. The van der Waals surface area contributed by atoms with Gasteiger partial charge in [0.05, 0.1) is 23.0 Å². The van der Waals surface area contributed by atoms with Crippen molar-refractivity contribution in [3.63, 3.8) is 0 Å². The number of carbonyl (C=O) groups is 2. The number of para-hydroxylation sites is 1. The van der Waals surface area contributed by atoms with Crippen LogP contribution in [0.1, 0.15) is 61.7 Å². The molecule has 2 aromatic rings. The first kappa shape index (κ1) is 22.4. The Hall–Kier alpha value is -2.77. The average molecular weight is 437 g/mol. The molecule has 1 aliphatic heterocycles. The van der Waals surface area contributed by atoms with Gasteiger partial charge in [-0.25, -0.2) is 4.98 Å². The molecule has 1 fully saturated rings. The van der Waals surface area contributed by atoms with Gasteiger partial charge in [0.25, 0.3) is 5.91 Å². The van der Waals surface area contributed by atoms with Crippen LogP contribution in [0, 0.1) is 5.92 Å². The molecule has 0 atom stereocenters. The summed E-state index contributed by atoms with van der Waals surface area (Å²) in [4.78, 5) is 31.8. The van der Waals surface area contributed by atoms with Crippen LogP contribution in [-0.4, -0.2) is 41.1 Å². The Kier molecular flexibility index (Phi) is 7.50. The summed E-state index contributed by atoms with van der Waals surface area (Å²) in [7, 11) is 0. The number of carbonyl (C=O) groups excluding carboxylic acids is 2. The van der Waals surface area contributed by atoms with E-state index in [-0.39, 0.29) is 17.9 Å². The normalized spacial score (nSPS) is 20.2.